The Bertz CT molecular complexity index is 1150. The highest BCUT2D eigenvalue weighted by Crippen LogP contribution is 2.19. The van der Waals surface area contributed by atoms with Gasteiger partial charge in [-0.15, -0.1) is 0 Å². The van der Waals surface area contributed by atoms with Crippen LogP contribution < -0.4 is 15.4 Å². The number of nitrogens with one attached hydrogen (secondary N) is 2. The van der Waals surface area contributed by atoms with E-state index in [-0.39, 0.29) is 23.0 Å². The van der Waals surface area contributed by atoms with Gasteiger partial charge in [0.1, 0.15) is 5.75 Å². The van der Waals surface area contributed by atoms with Gasteiger partial charge in [-0.1, -0.05) is 55.5 Å². The van der Waals surface area contributed by atoms with Crippen molar-refractivity contribution in [2.75, 3.05) is 12.4 Å². The van der Waals surface area contributed by atoms with Gasteiger partial charge in [-0.3, -0.25) is 14.9 Å². The molecule has 3 aromatic rings. The van der Waals surface area contributed by atoms with Crippen molar-refractivity contribution in [2.24, 2.45) is 0 Å². The van der Waals surface area contributed by atoms with Crippen LogP contribution in [0, 0.1) is 0 Å². The molecule has 7 heteroatoms. The monoisotopic (exact) mass is 475 g/mol. The first-order valence-electron chi connectivity index (χ1n) is 11.1. The molecule has 0 aliphatic heterocycles. The van der Waals surface area contributed by atoms with Crippen molar-refractivity contribution in [3.63, 3.8) is 0 Å². The molecule has 0 radical (unpaired) electrons. The Balaban J connectivity index is 1.66. The van der Waals surface area contributed by atoms with Crippen LogP contribution in [0.5, 0.6) is 5.75 Å². The largest absolute Gasteiger partial charge is 0.491 e. The van der Waals surface area contributed by atoms with Crippen LogP contribution in [0.3, 0.4) is 0 Å². The van der Waals surface area contributed by atoms with E-state index < -0.39 is 0 Å². The molecule has 0 saturated carbocycles. The highest BCUT2D eigenvalue weighted by molar-refractivity contribution is 7.80. The second kappa shape index (κ2) is 12.0. The van der Waals surface area contributed by atoms with Crippen molar-refractivity contribution < 1.29 is 14.3 Å². The summed E-state index contributed by atoms with van der Waals surface area (Å²) in [7, 11) is 1.75. The predicted molar refractivity (Wildman–Crippen MR) is 139 cm³/mol. The lowest BCUT2D eigenvalue weighted by molar-refractivity contribution is 0.0786. The van der Waals surface area contributed by atoms with Crippen molar-refractivity contribution in [1.29, 1.82) is 0 Å². The summed E-state index contributed by atoms with van der Waals surface area (Å²) in [4.78, 5) is 27.4. The minimum atomic E-state index is -0.364. The highest BCUT2D eigenvalue weighted by Gasteiger charge is 2.17. The normalized spacial score (nSPS) is 11.3. The van der Waals surface area contributed by atoms with E-state index >= 15 is 0 Å². The van der Waals surface area contributed by atoms with E-state index in [2.05, 4.69) is 10.6 Å². The Labute approximate surface area is 205 Å². The van der Waals surface area contributed by atoms with E-state index in [1.165, 1.54) is 0 Å². The number of hydrogen-bond donors (Lipinski definition) is 2. The van der Waals surface area contributed by atoms with Gasteiger partial charge in [-0.05, 0) is 61.5 Å². The molecule has 1 unspecified atom stereocenters. The first-order valence-corrected chi connectivity index (χ1v) is 11.6. The molecule has 0 aromatic heterocycles. The van der Waals surface area contributed by atoms with Gasteiger partial charge in [0, 0.05) is 19.2 Å². The number of thiocarbonyl (C=S) groups is 1. The zero-order valence-corrected chi connectivity index (χ0v) is 20.4. The van der Waals surface area contributed by atoms with E-state index in [1.54, 1.807) is 54.4 Å². The summed E-state index contributed by atoms with van der Waals surface area (Å²) in [6.45, 7) is 4.49. The molecule has 2 N–H and O–H groups in total. The Morgan fingerprint density at radius 2 is 1.71 bits per heavy atom. The maximum atomic E-state index is 13.1. The SMILES string of the molecule is CCC(C)Oc1cccc(C(=O)NC(=S)Nc2ccccc2C(=O)N(C)Cc2ccccc2)c1. The van der Waals surface area contributed by atoms with Crippen LogP contribution in [0.4, 0.5) is 5.69 Å². The van der Waals surface area contributed by atoms with Gasteiger partial charge in [0.2, 0.25) is 0 Å². The van der Waals surface area contributed by atoms with Crippen molar-refractivity contribution in [2.45, 2.75) is 32.9 Å². The molecule has 0 aliphatic carbocycles. The third kappa shape index (κ3) is 6.89. The number of benzene rings is 3. The Hall–Kier alpha value is -3.71. The lowest BCUT2D eigenvalue weighted by atomic mass is 10.1. The Morgan fingerprint density at radius 1 is 1.00 bits per heavy atom. The van der Waals surface area contributed by atoms with Gasteiger partial charge in [0.25, 0.3) is 11.8 Å². The highest BCUT2D eigenvalue weighted by atomic mass is 32.1. The zero-order chi connectivity index (χ0) is 24.5. The topological polar surface area (TPSA) is 70.7 Å². The smallest absolute Gasteiger partial charge is 0.257 e. The van der Waals surface area contributed by atoms with Gasteiger partial charge in [0.05, 0.1) is 17.4 Å². The number of ether oxygens (including phenoxy) is 1. The molecular weight excluding hydrogens is 446 g/mol. The summed E-state index contributed by atoms with van der Waals surface area (Å²) in [6.07, 6.45) is 0.915. The maximum Gasteiger partial charge on any atom is 0.257 e. The summed E-state index contributed by atoms with van der Waals surface area (Å²) in [5, 5.41) is 5.76. The van der Waals surface area contributed by atoms with Crippen LogP contribution in [-0.4, -0.2) is 35.0 Å². The van der Waals surface area contributed by atoms with Gasteiger partial charge >= 0.3 is 0 Å². The predicted octanol–water partition coefficient (Wildman–Crippen LogP) is 5.26. The first-order chi connectivity index (χ1) is 16.4. The van der Waals surface area contributed by atoms with Crippen molar-refractivity contribution >= 4 is 34.8 Å². The third-order valence-corrected chi connectivity index (χ3v) is 5.45. The molecule has 1 atom stereocenters. The molecule has 0 fully saturated rings. The number of rotatable bonds is 8. The van der Waals surface area contributed by atoms with Crippen molar-refractivity contribution in [3.8, 4) is 5.75 Å². The Kier molecular flexibility index (Phi) is 8.76. The molecule has 34 heavy (non-hydrogen) atoms. The fourth-order valence-corrected chi connectivity index (χ4v) is 3.47. The van der Waals surface area contributed by atoms with E-state index in [0.29, 0.717) is 29.1 Å². The average molecular weight is 476 g/mol. The van der Waals surface area contributed by atoms with Crippen LogP contribution in [0.25, 0.3) is 0 Å². The summed E-state index contributed by atoms with van der Waals surface area (Å²) in [6, 6.07) is 23.8. The van der Waals surface area contributed by atoms with E-state index in [1.807, 2.05) is 50.2 Å². The number of amides is 2. The van der Waals surface area contributed by atoms with Gasteiger partial charge in [-0.25, -0.2) is 0 Å². The van der Waals surface area contributed by atoms with Crippen LogP contribution in [0.1, 0.15) is 46.5 Å². The van der Waals surface area contributed by atoms with Crippen LogP contribution in [0.15, 0.2) is 78.9 Å². The zero-order valence-electron chi connectivity index (χ0n) is 19.6. The molecule has 0 spiro atoms. The van der Waals surface area contributed by atoms with E-state index in [0.717, 1.165) is 12.0 Å². The molecule has 0 aliphatic rings. The third-order valence-electron chi connectivity index (χ3n) is 5.25. The molecule has 3 aromatic carbocycles. The van der Waals surface area contributed by atoms with E-state index in [4.69, 9.17) is 17.0 Å². The molecule has 2 amide bonds. The fourth-order valence-electron chi connectivity index (χ4n) is 3.27. The molecule has 6 nitrogen and oxygen atoms in total. The molecule has 0 bridgehead atoms. The lowest BCUT2D eigenvalue weighted by Gasteiger charge is -2.20. The second-order valence-electron chi connectivity index (χ2n) is 7.97. The van der Waals surface area contributed by atoms with Gasteiger partial charge in [-0.2, -0.15) is 0 Å². The molecule has 176 valence electrons. The summed E-state index contributed by atoms with van der Waals surface area (Å²) in [5.41, 5.74) is 2.44. The summed E-state index contributed by atoms with van der Waals surface area (Å²) in [5.74, 6) is 0.103. The minimum absolute atomic E-state index is 0.0510. The number of carbonyl (C=O) groups is 2. The standard InChI is InChI=1S/C27H29N3O3S/c1-4-19(2)33-22-14-10-13-21(17-22)25(31)29-27(34)28-24-16-9-8-15-23(24)26(32)30(3)18-20-11-6-5-7-12-20/h5-17,19H,4,18H2,1-3H3,(H2,28,29,31,34). The number of para-hydroxylation sites is 1. The van der Waals surface area contributed by atoms with Crippen molar-refractivity contribution in [3.05, 3.63) is 95.6 Å². The molecule has 0 saturated heterocycles. The minimum Gasteiger partial charge on any atom is -0.491 e. The van der Waals surface area contributed by atoms with Gasteiger partial charge in [0.15, 0.2) is 5.11 Å². The van der Waals surface area contributed by atoms with Crippen LogP contribution >= 0.6 is 12.2 Å². The van der Waals surface area contributed by atoms with Crippen LogP contribution in [-0.2, 0) is 6.54 Å². The number of nitrogens with zero attached hydrogens (tertiary/aromatic N) is 1. The number of hydrogen-bond acceptors (Lipinski definition) is 4. The lowest BCUT2D eigenvalue weighted by Crippen LogP contribution is -2.35. The first kappa shape index (κ1) is 24.9. The van der Waals surface area contributed by atoms with Crippen molar-refractivity contribution in [1.82, 2.24) is 10.2 Å². The Morgan fingerprint density at radius 3 is 2.44 bits per heavy atom. The summed E-state index contributed by atoms with van der Waals surface area (Å²) >= 11 is 5.35. The summed E-state index contributed by atoms with van der Waals surface area (Å²) < 4.78 is 5.79. The maximum absolute atomic E-state index is 13.1. The quantitative estimate of drug-likeness (QED) is 0.435. The van der Waals surface area contributed by atoms with Gasteiger partial charge < -0.3 is 15.0 Å². The average Bonchev–Trinajstić information content (AvgIpc) is 2.84. The second-order valence-corrected chi connectivity index (χ2v) is 8.37. The number of anilines is 1. The van der Waals surface area contributed by atoms with Crippen LogP contribution in [0.2, 0.25) is 0 Å². The van der Waals surface area contributed by atoms with E-state index in [9.17, 15) is 9.59 Å². The molecule has 3 rings (SSSR count). The fraction of sp³-hybridized carbons (Fsp3) is 0.222. The molecular formula is C27H29N3O3S. The molecule has 0 heterocycles. The number of carbonyl (C=O) groups excluding carboxylic acids is 2.